The largest absolute Gasteiger partial charge is 0.493 e. The lowest BCUT2D eigenvalue weighted by Crippen LogP contribution is -2.34. The topological polar surface area (TPSA) is 122 Å². The molecule has 218 valence electrons. The fraction of sp³-hybridized carbons (Fsp3) is 0.344. The fourth-order valence-corrected chi connectivity index (χ4v) is 5.22. The minimum absolute atomic E-state index is 0.0352. The standard InChI is InChI=1S/C32H34N4O6/c1-4-5-6-7-15-36-25-9-8-10-26(37)22(25)16-23(32(36)39)31(38)35-30-12-11-20(19-34-30)42-27-13-14-33-24-18-29(41-3)28(40-2)17-21(24)27/h11-14,16-19H,4-10,15H2,1-3H3,(H,34,35,38). The van der Waals surface area contributed by atoms with Crippen LogP contribution in [-0.4, -0.2) is 40.4 Å². The SMILES string of the molecule is CCCCCCn1c2c(cc(C(=O)Nc3ccc(Oc4ccnc5cc(OC)c(OC)cc45)cn3)c1=O)C(=O)CCC2. The van der Waals surface area contributed by atoms with Gasteiger partial charge in [0.1, 0.15) is 22.9 Å². The molecule has 10 heteroatoms. The molecule has 0 atom stereocenters. The van der Waals surface area contributed by atoms with E-state index in [-0.39, 0.29) is 22.7 Å². The number of carbonyl (C=O) groups excluding carboxylic acids is 2. The number of aromatic nitrogens is 3. The van der Waals surface area contributed by atoms with Gasteiger partial charge in [-0.3, -0.25) is 19.4 Å². The second-order valence-corrected chi connectivity index (χ2v) is 10.2. The summed E-state index contributed by atoms with van der Waals surface area (Å²) in [5.41, 5.74) is 1.44. The van der Waals surface area contributed by atoms with Crippen LogP contribution in [0.3, 0.4) is 0 Å². The van der Waals surface area contributed by atoms with Crippen LogP contribution in [0.25, 0.3) is 10.9 Å². The molecule has 0 fully saturated rings. The van der Waals surface area contributed by atoms with Crippen molar-refractivity contribution in [3.8, 4) is 23.0 Å². The monoisotopic (exact) mass is 570 g/mol. The molecule has 0 saturated heterocycles. The van der Waals surface area contributed by atoms with Gasteiger partial charge in [0.25, 0.3) is 11.5 Å². The second-order valence-electron chi connectivity index (χ2n) is 10.2. The van der Waals surface area contributed by atoms with Crippen LogP contribution in [0.15, 0.2) is 53.6 Å². The molecule has 3 aromatic heterocycles. The molecule has 0 saturated carbocycles. The number of rotatable bonds is 11. The fourth-order valence-electron chi connectivity index (χ4n) is 5.22. The number of pyridine rings is 3. The highest BCUT2D eigenvalue weighted by atomic mass is 16.5. The molecule has 0 aliphatic heterocycles. The highest BCUT2D eigenvalue weighted by molar-refractivity contribution is 6.06. The van der Waals surface area contributed by atoms with Gasteiger partial charge in [0.2, 0.25) is 0 Å². The van der Waals surface area contributed by atoms with E-state index in [1.54, 1.807) is 55.3 Å². The van der Waals surface area contributed by atoms with Crippen molar-refractivity contribution in [1.29, 1.82) is 0 Å². The van der Waals surface area contributed by atoms with E-state index in [2.05, 4.69) is 22.2 Å². The number of hydrogen-bond acceptors (Lipinski definition) is 8. The lowest BCUT2D eigenvalue weighted by atomic mass is 9.93. The Labute approximate surface area is 243 Å². The van der Waals surface area contributed by atoms with Crippen LogP contribution in [0, 0.1) is 0 Å². The first-order valence-electron chi connectivity index (χ1n) is 14.2. The van der Waals surface area contributed by atoms with Crippen molar-refractivity contribution in [3.05, 3.63) is 76.0 Å². The van der Waals surface area contributed by atoms with Gasteiger partial charge in [-0.05, 0) is 49.6 Å². The Bertz CT molecular complexity index is 1680. The van der Waals surface area contributed by atoms with Crippen molar-refractivity contribution in [2.45, 2.75) is 58.4 Å². The lowest BCUT2D eigenvalue weighted by molar-refractivity contribution is 0.0970. The number of nitrogens with one attached hydrogen (secondary N) is 1. The van der Waals surface area contributed by atoms with Crippen molar-refractivity contribution >= 4 is 28.4 Å². The number of hydrogen-bond donors (Lipinski definition) is 1. The summed E-state index contributed by atoms with van der Waals surface area (Å²) < 4.78 is 18.5. The first-order chi connectivity index (χ1) is 20.4. The van der Waals surface area contributed by atoms with Gasteiger partial charge in [0.15, 0.2) is 17.3 Å². The summed E-state index contributed by atoms with van der Waals surface area (Å²) in [6.45, 7) is 2.61. The number of amides is 1. The van der Waals surface area contributed by atoms with E-state index < -0.39 is 5.91 Å². The molecule has 0 radical (unpaired) electrons. The van der Waals surface area contributed by atoms with Crippen molar-refractivity contribution in [3.63, 3.8) is 0 Å². The quantitative estimate of drug-likeness (QED) is 0.220. The van der Waals surface area contributed by atoms with Crippen LogP contribution >= 0.6 is 0 Å². The number of nitrogens with zero attached hydrogens (tertiary/aromatic N) is 3. The molecule has 0 spiro atoms. The highest BCUT2D eigenvalue weighted by Crippen LogP contribution is 2.36. The minimum Gasteiger partial charge on any atom is -0.493 e. The Balaban J connectivity index is 1.36. The van der Waals surface area contributed by atoms with Crippen LogP contribution in [0.5, 0.6) is 23.0 Å². The zero-order chi connectivity index (χ0) is 29.6. The molecule has 3 heterocycles. The third-order valence-corrected chi connectivity index (χ3v) is 7.41. The molecule has 10 nitrogen and oxygen atoms in total. The normalized spacial score (nSPS) is 12.6. The average Bonchev–Trinajstić information content (AvgIpc) is 3.00. The van der Waals surface area contributed by atoms with Gasteiger partial charge in [0, 0.05) is 41.9 Å². The molecule has 1 N–H and O–H groups in total. The van der Waals surface area contributed by atoms with E-state index >= 15 is 0 Å². The molecule has 1 aromatic carbocycles. The van der Waals surface area contributed by atoms with Crippen molar-refractivity contribution in [2.24, 2.45) is 0 Å². The first kappa shape index (κ1) is 28.8. The van der Waals surface area contributed by atoms with Crippen LogP contribution in [-0.2, 0) is 13.0 Å². The van der Waals surface area contributed by atoms with Crippen molar-refractivity contribution < 1.29 is 23.8 Å². The Morgan fingerprint density at radius 3 is 2.50 bits per heavy atom. The Morgan fingerprint density at radius 1 is 0.952 bits per heavy atom. The Morgan fingerprint density at radius 2 is 1.76 bits per heavy atom. The zero-order valence-corrected chi connectivity index (χ0v) is 24.1. The smallest absolute Gasteiger partial charge is 0.263 e. The van der Waals surface area contributed by atoms with Crippen LogP contribution < -0.4 is 25.1 Å². The molecular formula is C32H34N4O6. The maximum absolute atomic E-state index is 13.4. The van der Waals surface area contributed by atoms with Gasteiger partial charge in [0.05, 0.1) is 25.9 Å². The second kappa shape index (κ2) is 12.8. The molecule has 1 aliphatic rings. The maximum atomic E-state index is 13.4. The number of fused-ring (bicyclic) bond motifs is 2. The van der Waals surface area contributed by atoms with Crippen LogP contribution in [0.2, 0.25) is 0 Å². The third kappa shape index (κ3) is 5.97. The van der Waals surface area contributed by atoms with E-state index in [0.717, 1.165) is 36.8 Å². The van der Waals surface area contributed by atoms with Crippen molar-refractivity contribution in [2.75, 3.05) is 19.5 Å². The average molecular weight is 571 g/mol. The summed E-state index contributed by atoms with van der Waals surface area (Å²) in [7, 11) is 3.12. The summed E-state index contributed by atoms with van der Waals surface area (Å²) in [5.74, 6) is 1.68. The molecule has 4 aromatic rings. The van der Waals surface area contributed by atoms with Gasteiger partial charge in [-0.15, -0.1) is 0 Å². The number of Topliss-reactive ketones (excluding diaryl/α,β-unsaturated/α-hetero) is 1. The highest BCUT2D eigenvalue weighted by Gasteiger charge is 2.25. The van der Waals surface area contributed by atoms with Gasteiger partial charge in [-0.2, -0.15) is 0 Å². The molecule has 1 amide bonds. The van der Waals surface area contributed by atoms with Gasteiger partial charge >= 0.3 is 0 Å². The Hall–Kier alpha value is -4.73. The number of ether oxygens (including phenoxy) is 3. The molecular weight excluding hydrogens is 536 g/mol. The zero-order valence-electron chi connectivity index (χ0n) is 24.1. The van der Waals surface area contributed by atoms with Crippen molar-refractivity contribution in [1.82, 2.24) is 14.5 Å². The molecule has 1 aliphatic carbocycles. The number of anilines is 1. The number of benzene rings is 1. The number of carbonyl (C=O) groups is 2. The summed E-state index contributed by atoms with van der Waals surface area (Å²) in [4.78, 5) is 48.1. The summed E-state index contributed by atoms with van der Waals surface area (Å²) in [6, 6.07) is 10.00. The lowest BCUT2D eigenvalue weighted by Gasteiger charge is -2.21. The van der Waals surface area contributed by atoms with E-state index in [1.807, 2.05) is 0 Å². The maximum Gasteiger partial charge on any atom is 0.263 e. The van der Waals surface area contributed by atoms with Gasteiger partial charge in [-0.1, -0.05) is 26.2 Å². The van der Waals surface area contributed by atoms with Crippen LogP contribution in [0.1, 0.15) is 71.9 Å². The van der Waals surface area contributed by atoms with Crippen LogP contribution in [0.4, 0.5) is 5.82 Å². The van der Waals surface area contributed by atoms with Gasteiger partial charge in [-0.25, -0.2) is 4.98 Å². The first-order valence-corrected chi connectivity index (χ1v) is 14.2. The number of methoxy groups -OCH3 is 2. The predicted octanol–water partition coefficient (Wildman–Crippen LogP) is 5.95. The predicted molar refractivity (Wildman–Crippen MR) is 159 cm³/mol. The van der Waals surface area contributed by atoms with E-state index in [0.29, 0.717) is 59.9 Å². The summed E-state index contributed by atoms with van der Waals surface area (Å²) in [6.07, 6.45) is 8.83. The Kier molecular flexibility index (Phi) is 8.80. The van der Waals surface area contributed by atoms with E-state index in [9.17, 15) is 14.4 Å². The number of unbranched alkanes of at least 4 members (excludes halogenated alkanes) is 3. The summed E-state index contributed by atoms with van der Waals surface area (Å²) >= 11 is 0. The van der Waals surface area contributed by atoms with E-state index in [1.165, 1.54) is 12.3 Å². The van der Waals surface area contributed by atoms with Gasteiger partial charge < -0.3 is 24.1 Å². The molecule has 0 unspecified atom stereocenters. The van der Waals surface area contributed by atoms with E-state index in [4.69, 9.17) is 14.2 Å². The molecule has 42 heavy (non-hydrogen) atoms. The molecule has 5 rings (SSSR count). The third-order valence-electron chi connectivity index (χ3n) is 7.41. The number of ketones is 1. The minimum atomic E-state index is -0.606. The summed E-state index contributed by atoms with van der Waals surface area (Å²) in [5, 5.41) is 3.42. The molecule has 0 bridgehead atoms.